The average molecular weight is 341 g/mol. The van der Waals surface area contributed by atoms with Crippen molar-refractivity contribution in [2.75, 3.05) is 0 Å². The van der Waals surface area contributed by atoms with Crippen LogP contribution in [0.3, 0.4) is 0 Å². The van der Waals surface area contributed by atoms with Crippen LogP contribution in [0.4, 0.5) is 10.8 Å². The minimum atomic E-state index is -0.215. The van der Waals surface area contributed by atoms with Gasteiger partial charge < -0.3 is 5.11 Å². The van der Waals surface area contributed by atoms with Crippen molar-refractivity contribution in [2.24, 2.45) is 10.2 Å². The van der Waals surface area contributed by atoms with Crippen LogP contribution in [0.1, 0.15) is 5.82 Å². The van der Waals surface area contributed by atoms with Gasteiger partial charge in [-0.2, -0.15) is 4.37 Å². The highest BCUT2D eigenvalue weighted by Gasteiger charge is 2.10. The van der Waals surface area contributed by atoms with E-state index in [1.807, 2.05) is 0 Å². The number of pyridine rings is 1. The number of aryl methyl sites for hydroxylation is 1. The zero-order valence-electron chi connectivity index (χ0n) is 10.4. The van der Waals surface area contributed by atoms with Crippen LogP contribution in [0.5, 0.6) is 5.75 Å². The van der Waals surface area contributed by atoms with E-state index in [1.165, 1.54) is 6.07 Å². The maximum Gasteiger partial charge on any atom is 0.194 e. The largest absolute Gasteiger partial charge is 0.505 e. The number of azo groups is 1. The van der Waals surface area contributed by atoms with Gasteiger partial charge in [-0.05, 0) is 18.5 Å². The van der Waals surface area contributed by atoms with Crippen LogP contribution < -0.4 is 0 Å². The maximum absolute atomic E-state index is 9.37. The predicted molar refractivity (Wildman–Crippen MR) is 80.0 cm³/mol. The Morgan fingerprint density at radius 1 is 1.24 bits per heavy atom. The first kappa shape index (κ1) is 14.1. The van der Waals surface area contributed by atoms with Crippen molar-refractivity contribution in [3.8, 4) is 5.75 Å². The van der Waals surface area contributed by atoms with Crippen LogP contribution in [-0.4, -0.2) is 24.4 Å². The fourth-order valence-corrected chi connectivity index (χ4v) is 2.45. The summed E-state index contributed by atoms with van der Waals surface area (Å²) in [6, 6.07) is 1.25. The molecule has 0 fully saturated rings. The molecule has 7 nitrogen and oxygen atoms in total. The van der Waals surface area contributed by atoms with Crippen LogP contribution in [0.25, 0.3) is 11.0 Å². The number of hydrogen-bond donors (Lipinski definition) is 1. The van der Waals surface area contributed by atoms with Gasteiger partial charge >= 0.3 is 0 Å². The third kappa shape index (κ3) is 2.78. The summed E-state index contributed by atoms with van der Waals surface area (Å²) in [6.07, 6.45) is 1.63. The lowest BCUT2D eigenvalue weighted by molar-refractivity contribution is 0.473. The minimum absolute atomic E-state index is 0.0959. The Labute approximate surface area is 132 Å². The van der Waals surface area contributed by atoms with E-state index in [9.17, 15) is 5.11 Å². The Balaban J connectivity index is 2.00. The van der Waals surface area contributed by atoms with Gasteiger partial charge in [-0.1, -0.05) is 23.2 Å². The molecule has 0 aliphatic rings. The monoisotopic (exact) mass is 340 g/mol. The number of halogens is 2. The van der Waals surface area contributed by atoms with Crippen molar-refractivity contribution in [3.05, 3.63) is 28.3 Å². The number of rotatable bonds is 2. The van der Waals surface area contributed by atoms with Crippen molar-refractivity contribution < 1.29 is 5.11 Å². The number of aromatic nitrogens is 4. The molecule has 0 unspecified atom stereocenters. The van der Waals surface area contributed by atoms with Crippen LogP contribution in [0.2, 0.25) is 10.2 Å². The Hall–Kier alpha value is -1.90. The Bertz CT molecular complexity index is 865. The van der Waals surface area contributed by atoms with Gasteiger partial charge in [0.2, 0.25) is 0 Å². The predicted octanol–water partition coefficient (Wildman–Crippen LogP) is 4.22. The second-order valence-corrected chi connectivity index (χ2v) is 5.46. The van der Waals surface area contributed by atoms with Crippen molar-refractivity contribution in [2.45, 2.75) is 6.92 Å². The van der Waals surface area contributed by atoms with Gasteiger partial charge in [-0.25, -0.2) is 15.0 Å². The lowest BCUT2D eigenvalue weighted by Gasteiger charge is -1.99. The molecule has 0 bridgehead atoms. The van der Waals surface area contributed by atoms with Gasteiger partial charge in [0.05, 0.1) is 10.4 Å². The third-order valence-electron chi connectivity index (χ3n) is 2.47. The number of aromatic hydroxyl groups is 1. The average Bonchev–Trinajstić information content (AvgIpc) is 2.83. The molecular weight excluding hydrogens is 335 g/mol. The summed E-state index contributed by atoms with van der Waals surface area (Å²) in [5.41, 5.74) is 0.559. The van der Waals surface area contributed by atoms with E-state index in [0.717, 1.165) is 11.5 Å². The summed E-state index contributed by atoms with van der Waals surface area (Å²) in [7, 11) is 0. The molecule has 10 heteroatoms. The highest BCUT2D eigenvalue weighted by molar-refractivity contribution is 7.11. The smallest absolute Gasteiger partial charge is 0.194 e. The van der Waals surface area contributed by atoms with Crippen LogP contribution >= 0.6 is 34.7 Å². The molecule has 3 heterocycles. The normalized spacial score (nSPS) is 11.6. The summed E-state index contributed by atoms with van der Waals surface area (Å²) in [6.45, 7) is 1.78. The van der Waals surface area contributed by atoms with E-state index in [1.54, 1.807) is 13.1 Å². The van der Waals surface area contributed by atoms with Gasteiger partial charge in [-0.3, -0.25) is 0 Å². The lowest BCUT2D eigenvalue weighted by atomic mass is 10.4. The first-order valence-corrected chi connectivity index (χ1v) is 7.13. The van der Waals surface area contributed by atoms with Gasteiger partial charge in [0, 0.05) is 12.3 Å². The standard InChI is InChI=1S/C11H6Cl2N6OS/c1-4-14-3-5-9(15-4)19-21-11(5)18-17-10-6(12)2-7(20)8(13)16-10/h2-3,20H,1H3/b18-17+. The van der Waals surface area contributed by atoms with Gasteiger partial charge in [0.15, 0.2) is 27.4 Å². The van der Waals surface area contributed by atoms with E-state index in [4.69, 9.17) is 23.2 Å². The van der Waals surface area contributed by atoms with Gasteiger partial charge in [0.25, 0.3) is 0 Å². The molecule has 0 atom stereocenters. The van der Waals surface area contributed by atoms with E-state index < -0.39 is 0 Å². The molecule has 0 aliphatic heterocycles. The number of nitrogens with zero attached hydrogens (tertiary/aromatic N) is 6. The van der Waals surface area contributed by atoms with Crippen molar-refractivity contribution >= 4 is 56.6 Å². The quantitative estimate of drug-likeness (QED) is 0.556. The topological polar surface area (TPSA) is 96.5 Å². The maximum atomic E-state index is 9.37. The van der Waals surface area contributed by atoms with Crippen LogP contribution in [0.15, 0.2) is 22.5 Å². The fourth-order valence-electron chi connectivity index (χ4n) is 1.50. The molecule has 21 heavy (non-hydrogen) atoms. The van der Waals surface area contributed by atoms with E-state index in [0.29, 0.717) is 21.9 Å². The van der Waals surface area contributed by atoms with Gasteiger partial charge in [0.1, 0.15) is 5.82 Å². The zero-order valence-corrected chi connectivity index (χ0v) is 12.8. The molecule has 1 N–H and O–H groups in total. The van der Waals surface area contributed by atoms with Crippen LogP contribution in [0, 0.1) is 6.92 Å². The SMILES string of the molecule is Cc1ncc2c(/N=N/c3nc(Cl)c(O)cc3Cl)snc2n1. The summed E-state index contributed by atoms with van der Waals surface area (Å²) < 4.78 is 4.16. The minimum Gasteiger partial charge on any atom is -0.505 e. The molecule has 0 spiro atoms. The molecular formula is C11H6Cl2N6OS. The molecule has 3 aromatic heterocycles. The second kappa shape index (κ2) is 5.47. The Morgan fingerprint density at radius 3 is 2.86 bits per heavy atom. The zero-order chi connectivity index (χ0) is 15.0. The molecule has 0 amide bonds. The number of fused-ring (bicyclic) bond motifs is 1. The molecule has 0 aromatic carbocycles. The summed E-state index contributed by atoms with van der Waals surface area (Å²) in [5.74, 6) is 0.521. The molecule has 3 rings (SSSR count). The Kier molecular flexibility index (Phi) is 3.66. The van der Waals surface area contributed by atoms with Crippen molar-refractivity contribution in [1.29, 1.82) is 0 Å². The highest BCUT2D eigenvalue weighted by atomic mass is 35.5. The van der Waals surface area contributed by atoms with E-state index >= 15 is 0 Å². The summed E-state index contributed by atoms with van der Waals surface area (Å²) in [5, 5.41) is 18.6. The first-order valence-electron chi connectivity index (χ1n) is 5.60. The fraction of sp³-hybridized carbons (Fsp3) is 0.0909. The van der Waals surface area contributed by atoms with Crippen LogP contribution in [-0.2, 0) is 0 Å². The van der Waals surface area contributed by atoms with E-state index in [2.05, 4.69) is 29.6 Å². The molecule has 0 saturated carbocycles. The van der Waals surface area contributed by atoms with Gasteiger partial charge in [-0.15, -0.1) is 10.2 Å². The lowest BCUT2D eigenvalue weighted by Crippen LogP contribution is -1.85. The molecule has 0 radical (unpaired) electrons. The third-order valence-corrected chi connectivity index (χ3v) is 3.76. The molecule has 0 saturated heterocycles. The molecule has 106 valence electrons. The highest BCUT2D eigenvalue weighted by Crippen LogP contribution is 2.34. The number of hydrogen-bond acceptors (Lipinski definition) is 8. The second-order valence-electron chi connectivity index (χ2n) is 3.95. The summed E-state index contributed by atoms with van der Waals surface area (Å²) in [4.78, 5) is 12.1. The van der Waals surface area contributed by atoms with Crippen molar-refractivity contribution in [1.82, 2.24) is 19.3 Å². The van der Waals surface area contributed by atoms with Crippen molar-refractivity contribution in [3.63, 3.8) is 0 Å². The molecule has 0 aliphatic carbocycles. The Morgan fingerprint density at radius 2 is 2.05 bits per heavy atom. The summed E-state index contributed by atoms with van der Waals surface area (Å²) >= 11 is 12.8. The first-order chi connectivity index (χ1) is 10.0. The van der Waals surface area contributed by atoms with E-state index in [-0.39, 0.29) is 21.7 Å². The molecule has 3 aromatic rings.